The van der Waals surface area contributed by atoms with Gasteiger partial charge < -0.3 is 4.84 Å². The first kappa shape index (κ1) is 11.6. The topological polar surface area (TPSA) is 21.3 Å². The Bertz CT molecular complexity index is 360. The lowest BCUT2D eigenvalue weighted by Crippen LogP contribution is -2.22. The van der Waals surface area contributed by atoms with E-state index in [1.165, 1.54) is 16.7 Å². The maximum atomic E-state index is 5.53. The zero-order valence-electron chi connectivity index (χ0n) is 10.4. The highest BCUT2D eigenvalue weighted by atomic mass is 16.6. The quantitative estimate of drug-likeness (QED) is 0.785. The van der Waals surface area contributed by atoms with Gasteiger partial charge in [-0.25, -0.2) is 0 Å². The van der Waals surface area contributed by atoms with Crippen molar-refractivity contribution < 1.29 is 4.84 Å². The fourth-order valence-electron chi connectivity index (χ4n) is 2.16. The standard InChI is InChI=1S/C14H21NO/c1-10(2)9-16-15-14-7-6-12-5-4-11(3)8-13(12)14/h4-5,8,10,14-15H,6-7,9H2,1-3H3. The molecule has 2 rings (SSSR count). The van der Waals surface area contributed by atoms with E-state index >= 15 is 0 Å². The van der Waals surface area contributed by atoms with Gasteiger partial charge >= 0.3 is 0 Å². The van der Waals surface area contributed by atoms with Crippen LogP contribution in [0.5, 0.6) is 0 Å². The first-order valence-corrected chi connectivity index (χ1v) is 6.13. The van der Waals surface area contributed by atoms with E-state index in [2.05, 4.69) is 44.5 Å². The molecule has 0 spiro atoms. The number of fused-ring (bicyclic) bond motifs is 1. The summed E-state index contributed by atoms with van der Waals surface area (Å²) in [6.45, 7) is 7.24. The zero-order chi connectivity index (χ0) is 11.5. The number of nitrogens with one attached hydrogen (secondary N) is 1. The molecule has 0 bridgehead atoms. The third kappa shape index (κ3) is 2.63. The average Bonchev–Trinajstić information content (AvgIpc) is 2.60. The molecule has 1 aliphatic rings. The van der Waals surface area contributed by atoms with Crippen LogP contribution in [-0.4, -0.2) is 6.61 Å². The molecule has 1 aliphatic carbocycles. The summed E-state index contributed by atoms with van der Waals surface area (Å²) in [5, 5.41) is 0. The molecule has 88 valence electrons. The minimum atomic E-state index is 0.383. The molecule has 0 amide bonds. The van der Waals surface area contributed by atoms with Gasteiger partial charge in [0, 0.05) is 0 Å². The lowest BCUT2D eigenvalue weighted by molar-refractivity contribution is 0.000630. The van der Waals surface area contributed by atoms with Gasteiger partial charge in [-0.05, 0) is 36.8 Å². The van der Waals surface area contributed by atoms with E-state index in [-0.39, 0.29) is 0 Å². The van der Waals surface area contributed by atoms with Crippen molar-refractivity contribution >= 4 is 0 Å². The first-order chi connectivity index (χ1) is 7.66. The summed E-state index contributed by atoms with van der Waals surface area (Å²) in [4.78, 5) is 5.53. The molecule has 0 radical (unpaired) electrons. The molecule has 16 heavy (non-hydrogen) atoms. The van der Waals surface area contributed by atoms with Gasteiger partial charge in [0.15, 0.2) is 0 Å². The van der Waals surface area contributed by atoms with E-state index in [1.807, 2.05) is 0 Å². The van der Waals surface area contributed by atoms with E-state index in [0.717, 1.165) is 19.4 Å². The summed E-state index contributed by atoms with van der Waals surface area (Å²) in [6.07, 6.45) is 2.31. The Kier molecular flexibility index (Phi) is 3.62. The van der Waals surface area contributed by atoms with Crippen molar-refractivity contribution in [3.8, 4) is 0 Å². The lowest BCUT2D eigenvalue weighted by atomic mass is 10.1. The summed E-state index contributed by atoms with van der Waals surface area (Å²) in [5.41, 5.74) is 7.42. The summed E-state index contributed by atoms with van der Waals surface area (Å²) < 4.78 is 0. The zero-order valence-corrected chi connectivity index (χ0v) is 10.4. The lowest BCUT2D eigenvalue weighted by Gasteiger charge is -2.15. The second-order valence-corrected chi connectivity index (χ2v) is 5.12. The second-order valence-electron chi connectivity index (χ2n) is 5.12. The van der Waals surface area contributed by atoms with E-state index < -0.39 is 0 Å². The molecule has 1 unspecified atom stereocenters. The van der Waals surface area contributed by atoms with Crippen molar-refractivity contribution in [1.29, 1.82) is 0 Å². The third-order valence-electron chi connectivity index (χ3n) is 3.02. The molecule has 0 aromatic heterocycles. The molecule has 0 fully saturated rings. The van der Waals surface area contributed by atoms with Crippen LogP contribution in [-0.2, 0) is 11.3 Å². The Balaban J connectivity index is 1.97. The maximum Gasteiger partial charge on any atom is 0.0705 e. The Hall–Kier alpha value is -0.860. The average molecular weight is 219 g/mol. The molecule has 1 aromatic carbocycles. The van der Waals surface area contributed by atoms with Gasteiger partial charge in [0.25, 0.3) is 0 Å². The van der Waals surface area contributed by atoms with Gasteiger partial charge in [0.05, 0.1) is 12.6 Å². The Morgan fingerprint density at radius 1 is 1.44 bits per heavy atom. The molecule has 0 saturated heterocycles. The highest BCUT2D eigenvalue weighted by Gasteiger charge is 2.22. The van der Waals surface area contributed by atoms with Crippen LogP contribution in [0.3, 0.4) is 0 Å². The van der Waals surface area contributed by atoms with Crippen LogP contribution in [0.15, 0.2) is 18.2 Å². The number of hydrogen-bond acceptors (Lipinski definition) is 2. The Morgan fingerprint density at radius 3 is 3.00 bits per heavy atom. The number of rotatable bonds is 4. The van der Waals surface area contributed by atoms with Crippen molar-refractivity contribution in [2.45, 2.75) is 39.7 Å². The molecule has 2 nitrogen and oxygen atoms in total. The second kappa shape index (κ2) is 4.98. The Labute approximate surface area is 98.0 Å². The minimum absolute atomic E-state index is 0.383. The normalized spacial score (nSPS) is 19.1. The van der Waals surface area contributed by atoms with E-state index in [9.17, 15) is 0 Å². The smallest absolute Gasteiger partial charge is 0.0705 e. The summed E-state index contributed by atoms with van der Waals surface area (Å²) in [6, 6.07) is 7.10. The fraction of sp³-hybridized carbons (Fsp3) is 0.571. The number of hydrogen-bond donors (Lipinski definition) is 1. The van der Waals surface area contributed by atoms with Crippen LogP contribution in [0.1, 0.15) is 43.0 Å². The van der Waals surface area contributed by atoms with Gasteiger partial charge in [-0.3, -0.25) is 0 Å². The SMILES string of the molecule is Cc1ccc2c(c1)C(NOCC(C)C)CC2. The molecule has 0 aliphatic heterocycles. The minimum Gasteiger partial charge on any atom is -0.301 e. The predicted molar refractivity (Wildman–Crippen MR) is 66.2 cm³/mol. The molecular weight excluding hydrogens is 198 g/mol. The van der Waals surface area contributed by atoms with E-state index in [0.29, 0.717) is 12.0 Å². The number of hydroxylamine groups is 1. The molecular formula is C14H21NO. The van der Waals surface area contributed by atoms with Crippen LogP contribution >= 0.6 is 0 Å². The predicted octanol–water partition coefficient (Wildman–Crippen LogP) is 3.16. The molecule has 0 heterocycles. The molecule has 1 N–H and O–H groups in total. The fourth-order valence-corrected chi connectivity index (χ4v) is 2.16. The van der Waals surface area contributed by atoms with Crippen molar-refractivity contribution in [2.75, 3.05) is 6.61 Å². The van der Waals surface area contributed by atoms with Crippen molar-refractivity contribution in [1.82, 2.24) is 5.48 Å². The number of aryl methyl sites for hydroxylation is 2. The van der Waals surface area contributed by atoms with Crippen LogP contribution in [0.4, 0.5) is 0 Å². The van der Waals surface area contributed by atoms with Crippen molar-refractivity contribution in [2.24, 2.45) is 5.92 Å². The summed E-state index contributed by atoms with van der Waals surface area (Å²) in [7, 11) is 0. The van der Waals surface area contributed by atoms with E-state index in [1.54, 1.807) is 0 Å². The van der Waals surface area contributed by atoms with Crippen LogP contribution in [0.2, 0.25) is 0 Å². The molecule has 0 saturated carbocycles. The van der Waals surface area contributed by atoms with E-state index in [4.69, 9.17) is 4.84 Å². The monoisotopic (exact) mass is 219 g/mol. The maximum absolute atomic E-state index is 5.53. The third-order valence-corrected chi connectivity index (χ3v) is 3.02. The summed E-state index contributed by atoms with van der Waals surface area (Å²) in [5.74, 6) is 0.575. The van der Waals surface area contributed by atoms with Gasteiger partial charge in [0.1, 0.15) is 0 Å². The van der Waals surface area contributed by atoms with Crippen LogP contribution in [0, 0.1) is 12.8 Å². The first-order valence-electron chi connectivity index (χ1n) is 6.13. The highest BCUT2D eigenvalue weighted by Crippen LogP contribution is 2.31. The highest BCUT2D eigenvalue weighted by molar-refractivity contribution is 5.37. The molecule has 2 heteroatoms. The van der Waals surface area contributed by atoms with Crippen molar-refractivity contribution in [3.63, 3.8) is 0 Å². The number of benzene rings is 1. The van der Waals surface area contributed by atoms with Crippen LogP contribution < -0.4 is 5.48 Å². The largest absolute Gasteiger partial charge is 0.301 e. The van der Waals surface area contributed by atoms with Gasteiger partial charge in [-0.2, -0.15) is 5.48 Å². The van der Waals surface area contributed by atoms with Gasteiger partial charge in [-0.1, -0.05) is 37.6 Å². The van der Waals surface area contributed by atoms with Crippen molar-refractivity contribution in [3.05, 3.63) is 34.9 Å². The van der Waals surface area contributed by atoms with Crippen LogP contribution in [0.25, 0.3) is 0 Å². The molecule has 1 aromatic rings. The van der Waals surface area contributed by atoms with Gasteiger partial charge in [-0.15, -0.1) is 0 Å². The Morgan fingerprint density at radius 2 is 2.25 bits per heavy atom. The van der Waals surface area contributed by atoms with Gasteiger partial charge in [0.2, 0.25) is 0 Å². The summed E-state index contributed by atoms with van der Waals surface area (Å²) >= 11 is 0. The molecule has 1 atom stereocenters.